The molecule has 26 heavy (non-hydrogen) atoms. The number of benzene rings is 2. The third-order valence-electron chi connectivity index (χ3n) is 3.91. The zero-order valence-electron chi connectivity index (χ0n) is 15.3. The maximum atomic E-state index is 12.7. The molecule has 0 fully saturated rings. The molecule has 2 aromatic carbocycles. The minimum Gasteiger partial charge on any atom is -0.352 e. The van der Waals surface area contributed by atoms with Crippen molar-refractivity contribution < 1.29 is 13.2 Å². The Morgan fingerprint density at radius 3 is 2.38 bits per heavy atom. The molecule has 2 aromatic rings. The lowest BCUT2D eigenvalue weighted by Gasteiger charge is -2.13. The van der Waals surface area contributed by atoms with Crippen molar-refractivity contribution in [2.24, 2.45) is 5.92 Å². The zero-order valence-corrected chi connectivity index (χ0v) is 16.8. The van der Waals surface area contributed by atoms with Crippen molar-refractivity contribution >= 4 is 33.2 Å². The second-order valence-electron chi connectivity index (χ2n) is 6.65. The number of nitrogens with one attached hydrogen (secondary N) is 2. The predicted octanol–water partition coefficient (Wildman–Crippen LogP) is 4.14. The summed E-state index contributed by atoms with van der Waals surface area (Å²) in [7, 11) is -3.92. The highest BCUT2D eigenvalue weighted by atomic mass is 35.5. The van der Waals surface area contributed by atoms with Crippen LogP contribution in [-0.2, 0) is 10.0 Å². The fourth-order valence-corrected chi connectivity index (χ4v) is 3.84. The number of sulfonamides is 1. The molecule has 1 amide bonds. The van der Waals surface area contributed by atoms with Crippen LogP contribution in [0.4, 0.5) is 5.69 Å². The molecule has 0 atom stereocenters. The Morgan fingerprint density at radius 1 is 1.08 bits per heavy atom. The largest absolute Gasteiger partial charge is 0.352 e. The van der Waals surface area contributed by atoms with Crippen LogP contribution in [0.2, 0.25) is 5.02 Å². The van der Waals surface area contributed by atoms with Gasteiger partial charge in [0, 0.05) is 17.8 Å². The van der Waals surface area contributed by atoms with Crippen molar-refractivity contribution in [1.29, 1.82) is 0 Å². The SMILES string of the molecule is Cc1ccc(NS(=O)(=O)c2cc(C(=O)NCC(C)C)ccc2Cl)cc1C. The normalized spacial score (nSPS) is 11.5. The third kappa shape index (κ3) is 4.99. The fourth-order valence-electron chi connectivity index (χ4n) is 2.26. The van der Waals surface area contributed by atoms with Gasteiger partial charge in [-0.2, -0.15) is 0 Å². The molecule has 0 aliphatic heterocycles. The van der Waals surface area contributed by atoms with E-state index in [0.29, 0.717) is 18.2 Å². The van der Waals surface area contributed by atoms with E-state index in [4.69, 9.17) is 11.6 Å². The van der Waals surface area contributed by atoms with Crippen molar-refractivity contribution in [1.82, 2.24) is 5.32 Å². The lowest BCUT2D eigenvalue weighted by atomic mass is 10.1. The van der Waals surface area contributed by atoms with Gasteiger partial charge in [-0.1, -0.05) is 31.5 Å². The lowest BCUT2D eigenvalue weighted by Crippen LogP contribution is -2.27. The van der Waals surface area contributed by atoms with E-state index >= 15 is 0 Å². The highest BCUT2D eigenvalue weighted by molar-refractivity contribution is 7.92. The van der Waals surface area contributed by atoms with Gasteiger partial charge in [0.1, 0.15) is 4.90 Å². The number of carbonyl (C=O) groups excluding carboxylic acids is 1. The summed E-state index contributed by atoms with van der Waals surface area (Å²) in [4.78, 5) is 12.1. The van der Waals surface area contributed by atoms with Crippen LogP contribution in [0.15, 0.2) is 41.3 Å². The van der Waals surface area contributed by atoms with Crippen LogP contribution in [-0.4, -0.2) is 20.9 Å². The first-order valence-electron chi connectivity index (χ1n) is 8.28. The molecule has 0 unspecified atom stereocenters. The van der Waals surface area contributed by atoms with Crippen LogP contribution >= 0.6 is 11.6 Å². The topological polar surface area (TPSA) is 75.3 Å². The summed E-state index contributed by atoms with van der Waals surface area (Å²) in [6.07, 6.45) is 0. The van der Waals surface area contributed by atoms with Crippen molar-refractivity contribution in [2.75, 3.05) is 11.3 Å². The Labute approximate surface area is 159 Å². The van der Waals surface area contributed by atoms with Gasteiger partial charge in [-0.05, 0) is 61.2 Å². The molecule has 0 saturated heterocycles. The Kier molecular flexibility index (Phi) is 6.31. The Hall–Kier alpha value is -2.05. The molecule has 7 heteroatoms. The summed E-state index contributed by atoms with van der Waals surface area (Å²) in [5, 5.41) is 2.82. The predicted molar refractivity (Wildman–Crippen MR) is 105 cm³/mol. The number of anilines is 1. The summed E-state index contributed by atoms with van der Waals surface area (Å²) in [6.45, 7) is 8.31. The Morgan fingerprint density at radius 2 is 1.77 bits per heavy atom. The summed E-state index contributed by atoms with van der Waals surface area (Å²) in [5.74, 6) is -0.0427. The minimum absolute atomic E-state index is 0.0572. The van der Waals surface area contributed by atoms with Crippen LogP contribution in [0.25, 0.3) is 0 Å². The molecule has 0 saturated carbocycles. The number of aryl methyl sites for hydroxylation is 2. The summed E-state index contributed by atoms with van der Waals surface area (Å²) in [5.41, 5.74) is 2.72. The molecule has 0 aliphatic rings. The van der Waals surface area contributed by atoms with Crippen molar-refractivity contribution in [2.45, 2.75) is 32.6 Å². The molecule has 0 radical (unpaired) electrons. The summed E-state index contributed by atoms with van der Waals surface area (Å²) < 4.78 is 28.0. The van der Waals surface area contributed by atoms with Crippen LogP contribution < -0.4 is 10.0 Å². The van der Waals surface area contributed by atoms with E-state index in [1.165, 1.54) is 18.2 Å². The third-order valence-corrected chi connectivity index (χ3v) is 5.78. The maximum Gasteiger partial charge on any atom is 0.263 e. The van der Waals surface area contributed by atoms with Gasteiger partial charge >= 0.3 is 0 Å². The van der Waals surface area contributed by atoms with E-state index < -0.39 is 10.0 Å². The number of carbonyl (C=O) groups is 1. The molecule has 2 N–H and O–H groups in total. The Balaban J connectivity index is 2.31. The molecule has 140 valence electrons. The first kappa shape index (κ1) is 20.3. The highest BCUT2D eigenvalue weighted by Gasteiger charge is 2.20. The van der Waals surface area contributed by atoms with Crippen LogP contribution in [0.5, 0.6) is 0 Å². The number of rotatable bonds is 6. The minimum atomic E-state index is -3.92. The van der Waals surface area contributed by atoms with Gasteiger partial charge < -0.3 is 5.32 Å². The molecule has 0 spiro atoms. The molecule has 2 rings (SSSR count). The number of amides is 1. The van der Waals surface area contributed by atoms with Gasteiger partial charge in [-0.15, -0.1) is 0 Å². The smallest absolute Gasteiger partial charge is 0.263 e. The van der Waals surface area contributed by atoms with Gasteiger partial charge in [-0.3, -0.25) is 9.52 Å². The molecule has 0 heterocycles. The number of hydrogen-bond donors (Lipinski definition) is 2. The van der Waals surface area contributed by atoms with Crippen LogP contribution in [0.1, 0.15) is 35.3 Å². The first-order chi connectivity index (χ1) is 12.1. The van der Waals surface area contributed by atoms with Gasteiger partial charge in [-0.25, -0.2) is 8.42 Å². The average molecular weight is 395 g/mol. The molecule has 5 nitrogen and oxygen atoms in total. The summed E-state index contributed by atoms with van der Waals surface area (Å²) >= 11 is 6.08. The monoisotopic (exact) mass is 394 g/mol. The number of hydrogen-bond acceptors (Lipinski definition) is 3. The van der Waals surface area contributed by atoms with E-state index in [1.807, 2.05) is 33.8 Å². The van der Waals surface area contributed by atoms with Crippen LogP contribution in [0, 0.1) is 19.8 Å². The summed E-state index contributed by atoms with van der Waals surface area (Å²) in [6, 6.07) is 9.49. The highest BCUT2D eigenvalue weighted by Crippen LogP contribution is 2.26. The van der Waals surface area contributed by atoms with Crippen molar-refractivity contribution in [3.8, 4) is 0 Å². The van der Waals surface area contributed by atoms with Crippen LogP contribution in [0.3, 0.4) is 0 Å². The van der Waals surface area contributed by atoms with E-state index in [-0.39, 0.29) is 21.4 Å². The van der Waals surface area contributed by atoms with E-state index in [0.717, 1.165) is 11.1 Å². The van der Waals surface area contributed by atoms with Crippen molar-refractivity contribution in [3.63, 3.8) is 0 Å². The Bertz CT molecular complexity index is 924. The fraction of sp³-hybridized carbons (Fsp3) is 0.316. The van der Waals surface area contributed by atoms with E-state index in [9.17, 15) is 13.2 Å². The van der Waals surface area contributed by atoms with Gasteiger partial charge in [0.05, 0.1) is 5.02 Å². The molecule has 0 aliphatic carbocycles. The van der Waals surface area contributed by atoms with Gasteiger partial charge in [0.15, 0.2) is 0 Å². The molecule has 0 aromatic heterocycles. The van der Waals surface area contributed by atoms with E-state index in [1.54, 1.807) is 12.1 Å². The zero-order chi connectivity index (χ0) is 19.5. The second kappa shape index (κ2) is 8.10. The average Bonchev–Trinajstić information content (AvgIpc) is 2.56. The molecular formula is C19H23ClN2O3S. The maximum absolute atomic E-state index is 12.7. The van der Waals surface area contributed by atoms with Gasteiger partial charge in [0.2, 0.25) is 0 Å². The lowest BCUT2D eigenvalue weighted by molar-refractivity contribution is 0.0949. The second-order valence-corrected chi connectivity index (χ2v) is 8.71. The number of halogens is 1. The van der Waals surface area contributed by atoms with Crippen molar-refractivity contribution in [3.05, 3.63) is 58.1 Å². The molecule has 0 bridgehead atoms. The van der Waals surface area contributed by atoms with Gasteiger partial charge in [0.25, 0.3) is 15.9 Å². The van der Waals surface area contributed by atoms with E-state index in [2.05, 4.69) is 10.0 Å². The first-order valence-corrected chi connectivity index (χ1v) is 10.1. The quantitative estimate of drug-likeness (QED) is 0.772. The standard InChI is InChI=1S/C19H23ClN2O3S/c1-12(2)11-21-19(23)15-6-8-17(20)18(10-15)26(24,25)22-16-7-5-13(3)14(4)9-16/h5-10,12,22H,11H2,1-4H3,(H,21,23). The molecular weight excluding hydrogens is 372 g/mol.